The van der Waals surface area contributed by atoms with Crippen molar-refractivity contribution in [3.05, 3.63) is 88.0 Å². The summed E-state index contributed by atoms with van der Waals surface area (Å²) in [6.45, 7) is 2.44. The van der Waals surface area contributed by atoms with E-state index in [1.807, 2.05) is 30.3 Å². The van der Waals surface area contributed by atoms with E-state index in [-0.39, 0.29) is 30.0 Å². The van der Waals surface area contributed by atoms with Crippen LogP contribution in [0.5, 0.6) is 0 Å². The highest BCUT2D eigenvalue weighted by Crippen LogP contribution is 2.23. The molecule has 0 spiro atoms. The first-order valence-electron chi connectivity index (χ1n) is 8.91. The van der Waals surface area contributed by atoms with Gasteiger partial charge < -0.3 is 10.0 Å². The van der Waals surface area contributed by atoms with Crippen molar-refractivity contribution < 1.29 is 14.3 Å². The quantitative estimate of drug-likeness (QED) is 0.657. The molecule has 1 N–H and O–H groups in total. The highest BCUT2D eigenvalue weighted by molar-refractivity contribution is 6.33. The second kappa shape index (κ2) is 8.99. The summed E-state index contributed by atoms with van der Waals surface area (Å²) in [5.41, 5.74) is 2.60. The average Bonchev–Trinajstić information content (AvgIpc) is 2.97. The van der Waals surface area contributed by atoms with Crippen molar-refractivity contribution in [2.75, 3.05) is 13.2 Å². The van der Waals surface area contributed by atoms with Crippen LogP contribution in [0.3, 0.4) is 0 Å². The van der Waals surface area contributed by atoms with E-state index in [0.29, 0.717) is 24.3 Å². The molecular formula is C21H21ClFN3O2. The number of aryl methyl sites for hydroxylation is 1. The number of carbonyl (C=O) groups is 1. The van der Waals surface area contributed by atoms with E-state index in [1.54, 1.807) is 24.0 Å². The van der Waals surface area contributed by atoms with Crippen molar-refractivity contribution in [1.82, 2.24) is 14.7 Å². The lowest BCUT2D eigenvalue weighted by atomic mass is 10.1. The van der Waals surface area contributed by atoms with Crippen molar-refractivity contribution >= 4 is 17.5 Å². The smallest absolute Gasteiger partial charge is 0.259 e. The number of benzene rings is 2. The molecule has 0 atom stereocenters. The fraction of sp³-hybridized carbons (Fsp3) is 0.238. The Hall–Kier alpha value is -2.70. The van der Waals surface area contributed by atoms with Crippen LogP contribution < -0.4 is 0 Å². The lowest BCUT2D eigenvalue weighted by Crippen LogP contribution is -2.33. The van der Waals surface area contributed by atoms with Crippen LogP contribution in [-0.2, 0) is 13.1 Å². The molecule has 0 fully saturated rings. The summed E-state index contributed by atoms with van der Waals surface area (Å²) >= 11 is 6.47. The monoisotopic (exact) mass is 401 g/mol. The predicted molar refractivity (Wildman–Crippen MR) is 106 cm³/mol. The normalized spacial score (nSPS) is 10.9. The maximum atomic E-state index is 13.1. The molecule has 7 heteroatoms. The second-order valence-corrected chi connectivity index (χ2v) is 6.83. The van der Waals surface area contributed by atoms with Crippen molar-refractivity contribution in [3.63, 3.8) is 0 Å². The Morgan fingerprint density at radius 1 is 1.14 bits per heavy atom. The molecule has 0 aliphatic rings. The molecule has 0 saturated carbocycles. The van der Waals surface area contributed by atoms with Crippen LogP contribution in [0.25, 0.3) is 0 Å². The number of hydrogen-bond donors (Lipinski definition) is 1. The largest absolute Gasteiger partial charge is 0.395 e. The lowest BCUT2D eigenvalue weighted by molar-refractivity contribution is 0.0707. The molecule has 1 aromatic heterocycles. The van der Waals surface area contributed by atoms with E-state index in [4.69, 9.17) is 11.6 Å². The van der Waals surface area contributed by atoms with Crippen molar-refractivity contribution in [3.8, 4) is 0 Å². The third-order valence-corrected chi connectivity index (χ3v) is 4.78. The van der Waals surface area contributed by atoms with E-state index in [0.717, 1.165) is 11.1 Å². The molecule has 0 saturated heterocycles. The standard InChI is InChI=1S/C21H21ClFN3O2/c1-15-19(20(22)26(24-15)14-17-7-9-18(23)10-8-17)21(28)25(11-12-27)13-16-5-3-2-4-6-16/h2-10,27H,11-14H2,1H3. The average molecular weight is 402 g/mol. The molecule has 0 aliphatic carbocycles. The van der Waals surface area contributed by atoms with Gasteiger partial charge in [0.15, 0.2) is 0 Å². The minimum absolute atomic E-state index is 0.154. The fourth-order valence-electron chi connectivity index (χ4n) is 3.00. The number of nitrogens with zero attached hydrogens (tertiary/aromatic N) is 3. The van der Waals surface area contributed by atoms with Gasteiger partial charge in [0.2, 0.25) is 0 Å². The Kier molecular flexibility index (Phi) is 6.44. The van der Waals surface area contributed by atoms with Crippen LogP contribution >= 0.6 is 11.6 Å². The molecule has 1 amide bonds. The van der Waals surface area contributed by atoms with E-state index >= 15 is 0 Å². The first kappa shape index (κ1) is 20.0. The van der Waals surface area contributed by atoms with Gasteiger partial charge in [-0.25, -0.2) is 9.07 Å². The molecule has 28 heavy (non-hydrogen) atoms. The highest BCUT2D eigenvalue weighted by Gasteiger charge is 2.25. The number of carbonyl (C=O) groups excluding carboxylic acids is 1. The minimum Gasteiger partial charge on any atom is -0.395 e. The van der Waals surface area contributed by atoms with E-state index in [1.165, 1.54) is 16.8 Å². The Morgan fingerprint density at radius 2 is 1.82 bits per heavy atom. The zero-order valence-electron chi connectivity index (χ0n) is 15.5. The van der Waals surface area contributed by atoms with E-state index < -0.39 is 0 Å². The van der Waals surface area contributed by atoms with Crippen LogP contribution in [0.15, 0.2) is 54.6 Å². The summed E-state index contributed by atoms with van der Waals surface area (Å²) in [6, 6.07) is 15.6. The predicted octanol–water partition coefficient (Wildman–Crippen LogP) is 3.67. The number of amides is 1. The first-order chi connectivity index (χ1) is 13.5. The SMILES string of the molecule is Cc1nn(Cc2ccc(F)cc2)c(Cl)c1C(=O)N(CCO)Cc1ccccc1. The van der Waals surface area contributed by atoms with Gasteiger partial charge >= 0.3 is 0 Å². The maximum absolute atomic E-state index is 13.1. The van der Waals surface area contributed by atoms with Gasteiger partial charge in [0.1, 0.15) is 11.0 Å². The van der Waals surface area contributed by atoms with Crippen LogP contribution in [0.4, 0.5) is 4.39 Å². The van der Waals surface area contributed by atoms with Crippen LogP contribution in [0.2, 0.25) is 5.15 Å². The molecule has 3 rings (SSSR count). The minimum atomic E-state index is -0.317. The summed E-state index contributed by atoms with van der Waals surface area (Å²) in [4.78, 5) is 14.7. The van der Waals surface area contributed by atoms with Gasteiger partial charge in [-0.2, -0.15) is 5.10 Å². The lowest BCUT2D eigenvalue weighted by Gasteiger charge is -2.22. The van der Waals surface area contributed by atoms with Gasteiger partial charge in [0, 0.05) is 13.1 Å². The zero-order chi connectivity index (χ0) is 20.1. The topological polar surface area (TPSA) is 58.4 Å². The molecule has 5 nitrogen and oxygen atoms in total. The van der Waals surface area contributed by atoms with Crippen molar-refractivity contribution in [2.45, 2.75) is 20.0 Å². The maximum Gasteiger partial charge on any atom is 0.259 e. The molecule has 1 heterocycles. The molecule has 0 unspecified atom stereocenters. The summed E-state index contributed by atoms with van der Waals surface area (Å²) in [6.07, 6.45) is 0. The van der Waals surface area contributed by atoms with Gasteiger partial charge in [-0.1, -0.05) is 54.1 Å². The Bertz CT molecular complexity index is 942. The number of aliphatic hydroxyl groups is 1. The molecule has 0 radical (unpaired) electrons. The second-order valence-electron chi connectivity index (χ2n) is 6.47. The van der Waals surface area contributed by atoms with E-state index in [9.17, 15) is 14.3 Å². The first-order valence-corrected chi connectivity index (χ1v) is 9.28. The zero-order valence-corrected chi connectivity index (χ0v) is 16.2. The Morgan fingerprint density at radius 3 is 2.46 bits per heavy atom. The van der Waals surface area contributed by atoms with E-state index in [2.05, 4.69) is 5.10 Å². The molecule has 0 bridgehead atoms. The Labute approximate surface area is 168 Å². The fourth-order valence-corrected chi connectivity index (χ4v) is 3.31. The number of rotatable bonds is 7. The van der Waals surface area contributed by atoms with Crippen LogP contribution in [0, 0.1) is 12.7 Å². The van der Waals surface area contributed by atoms with Crippen LogP contribution in [0.1, 0.15) is 27.2 Å². The molecule has 2 aromatic carbocycles. The van der Waals surface area contributed by atoms with Gasteiger partial charge in [0.05, 0.1) is 24.4 Å². The van der Waals surface area contributed by atoms with Crippen molar-refractivity contribution in [1.29, 1.82) is 0 Å². The molecular weight excluding hydrogens is 381 g/mol. The van der Waals surface area contributed by atoms with Gasteiger partial charge in [-0.05, 0) is 30.2 Å². The molecule has 0 aliphatic heterocycles. The molecule has 146 valence electrons. The number of hydrogen-bond acceptors (Lipinski definition) is 3. The summed E-state index contributed by atoms with van der Waals surface area (Å²) in [7, 11) is 0. The van der Waals surface area contributed by atoms with Gasteiger partial charge in [-0.3, -0.25) is 4.79 Å². The third-order valence-electron chi connectivity index (χ3n) is 4.40. The van der Waals surface area contributed by atoms with Crippen molar-refractivity contribution in [2.24, 2.45) is 0 Å². The summed E-state index contributed by atoms with van der Waals surface area (Å²) in [5, 5.41) is 14.0. The van der Waals surface area contributed by atoms with Gasteiger partial charge in [0.25, 0.3) is 5.91 Å². The molecule has 3 aromatic rings. The summed E-state index contributed by atoms with van der Waals surface area (Å²) in [5.74, 6) is -0.603. The highest BCUT2D eigenvalue weighted by atomic mass is 35.5. The van der Waals surface area contributed by atoms with Crippen LogP contribution in [-0.4, -0.2) is 38.8 Å². The number of halogens is 2. The van der Waals surface area contributed by atoms with Gasteiger partial charge in [-0.15, -0.1) is 0 Å². The summed E-state index contributed by atoms with van der Waals surface area (Å²) < 4.78 is 14.6. The number of aromatic nitrogens is 2. The number of aliphatic hydroxyl groups excluding tert-OH is 1. The Balaban J connectivity index is 1.85. The third kappa shape index (κ3) is 4.58.